The van der Waals surface area contributed by atoms with E-state index < -0.39 is 48.2 Å². The zero-order valence-corrected chi connectivity index (χ0v) is 15.3. The standard InChI is InChI=1S/C14H25N5O6S/c1-26-5-4-9(13(24)17-7-12(22)23)19-14(25)8(2-3-10(16)20)18-11(21)6-15/h8-9H,2-7,15H2,1H3,(H2,16,20)(H,17,24)(H,18,21)(H,19,25)(H,22,23). The summed E-state index contributed by atoms with van der Waals surface area (Å²) in [7, 11) is 0. The minimum absolute atomic E-state index is 0.0566. The average molecular weight is 391 g/mol. The summed E-state index contributed by atoms with van der Waals surface area (Å²) in [4.78, 5) is 57.4. The second kappa shape index (κ2) is 12.9. The van der Waals surface area contributed by atoms with Crippen molar-refractivity contribution in [3.8, 4) is 0 Å². The largest absolute Gasteiger partial charge is 0.480 e. The van der Waals surface area contributed by atoms with E-state index in [1.54, 1.807) is 0 Å². The third-order valence-electron chi connectivity index (χ3n) is 3.17. The van der Waals surface area contributed by atoms with Crippen LogP contribution in [0, 0.1) is 0 Å². The smallest absolute Gasteiger partial charge is 0.322 e. The molecule has 0 radical (unpaired) electrons. The van der Waals surface area contributed by atoms with E-state index in [0.29, 0.717) is 5.75 Å². The van der Waals surface area contributed by atoms with Crippen LogP contribution >= 0.6 is 11.8 Å². The maximum Gasteiger partial charge on any atom is 0.322 e. The minimum Gasteiger partial charge on any atom is -0.480 e. The molecule has 0 aliphatic carbocycles. The van der Waals surface area contributed by atoms with E-state index in [2.05, 4.69) is 16.0 Å². The summed E-state index contributed by atoms with van der Waals surface area (Å²) in [6.07, 6.45) is 1.86. The number of amides is 4. The normalized spacial score (nSPS) is 12.5. The number of primary amides is 1. The van der Waals surface area contributed by atoms with Gasteiger partial charge in [0.2, 0.25) is 23.6 Å². The number of rotatable bonds is 13. The number of thioether (sulfide) groups is 1. The summed E-state index contributed by atoms with van der Waals surface area (Å²) in [5.41, 5.74) is 10.3. The van der Waals surface area contributed by atoms with Crippen molar-refractivity contribution in [3.63, 3.8) is 0 Å². The third-order valence-corrected chi connectivity index (χ3v) is 3.82. The number of carbonyl (C=O) groups is 5. The lowest BCUT2D eigenvalue weighted by Gasteiger charge is -2.22. The van der Waals surface area contributed by atoms with Crippen molar-refractivity contribution in [1.82, 2.24) is 16.0 Å². The molecule has 0 aromatic carbocycles. The van der Waals surface area contributed by atoms with Crippen molar-refractivity contribution in [1.29, 1.82) is 0 Å². The fourth-order valence-electron chi connectivity index (χ4n) is 1.87. The molecule has 0 aliphatic rings. The van der Waals surface area contributed by atoms with Crippen LogP contribution in [0.4, 0.5) is 0 Å². The van der Waals surface area contributed by atoms with Gasteiger partial charge < -0.3 is 32.5 Å². The van der Waals surface area contributed by atoms with Crippen molar-refractivity contribution < 1.29 is 29.1 Å². The predicted octanol–water partition coefficient (Wildman–Crippen LogP) is -2.87. The van der Waals surface area contributed by atoms with Crippen molar-refractivity contribution in [2.45, 2.75) is 31.3 Å². The van der Waals surface area contributed by atoms with Crippen LogP contribution in [-0.4, -0.2) is 71.9 Å². The number of hydrogen-bond acceptors (Lipinski definition) is 7. The lowest BCUT2D eigenvalue weighted by molar-refractivity contribution is -0.138. The van der Waals surface area contributed by atoms with E-state index in [9.17, 15) is 24.0 Å². The average Bonchev–Trinajstić information content (AvgIpc) is 2.59. The molecule has 2 unspecified atom stereocenters. The van der Waals surface area contributed by atoms with Gasteiger partial charge in [-0.25, -0.2) is 0 Å². The molecule has 0 saturated heterocycles. The molecule has 0 saturated carbocycles. The first-order valence-corrected chi connectivity index (χ1v) is 9.17. The summed E-state index contributed by atoms with van der Waals surface area (Å²) in [5.74, 6) is -3.29. The molecule has 0 rings (SSSR count). The summed E-state index contributed by atoms with van der Waals surface area (Å²) >= 11 is 1.44. The van der Waals surface area contributed by atoms with Crippen LogP contribution in [0.5, 0.6) is 0 Å². The Morgan fingerprint density at radius 3 is 2.15 bits per heavy atom. The zero-order chi connectivity index (χ0) is 20.1. The molecule has 8 N–H and O–H groups in total. The Morgan fingerprint density at radius 2 is 1.65 bits per heavy atom. The van der Waals surface area contributed by atoms with Crippen LogP contribution in [0.2, 0.25) is 0 Å². The van der Waals surface area contributed by atoms with Gasteiger partial charge in [-0.15, -0.1) is 0 Å². The highest BCUT2D eigenvalue weighted by molar-refractivity contribution is 7.98. The van der Waals surface area contributed by atoms with Gasteiger partial charge in [0.25, 0.3) is 0 Å². The highest BCUT2D eigenvalue weighted by Crippen LogP contribution is 2.04. The Hall–Kier alpha value is -2.34. The lowest BCUT2D eigenvalue weighted by Crippen LogP contribution is -2.55. The van der Waals surface area contributed by atoms with Crippen LogP contribution in [0.3, 0.4) is 0 Å². The second-order valence-electron chi connectivity index (χ2n) is 5.28. The van der Waals surface area contributed by atoms with Gasteiger partial charge in [0, 0.05) is 6.42 Å². The first kappa shape index (κ1) is 23.7. The molecule has 0 fully saturated rings. The number of carboxylic acids is 1. The fraction of sp³-hybridized carbons (Fsp3) is 0.643. The SMILES string of the molecule is CSCCC(NC(=O)C(CCC(N)=O)NC(=O)CN)C(=O)NCC(=O)O. The van der Waals surface area contributed by atoms with E-state index >= 15 is 0 Å². The Kier molecular flexibility index (Phi) is 11.8. The quantitative estimate of drug-likeness (QED) is 0.193. The van der Waals surface area contributed by atoms with E-state index in [1.165, 1.54) is 11.8 Å². The highest BCUT2D eigenvalue weighted by Gasteiger charge is 2.26. The molecule has 0 aromatic heterocycles. The number of aliphatic carboxylic acids is 1. The summed E-state index contributed by atoms with van der Waals surface area (Å²) in [5, 5.41) is 15.6. The Morgan fingerprint density at radius 1 is 1.04 bits per heavy atom. The van der Waals surface area contributed by atoms with Gasteiger partial charge in [-0.3, -0.25) is 24.0 Å². The van der Waals surface area contributed by atoms with Crippen LogP contribution in [0.25, 0.3) is 0 Å². The molecule has 0 aromatic rings. The second-order valence-corrected chi connectivity index (χ2v) is 6.27. The summed E-state index contributed by atoms with van der Waals surface area (Å²) < 4.78 is 0. The number of carboxylic acid groups (broad SMARTS) is 1. The van der Waals surface area contributed by atoms with Crippen LogP contribution in [0.1, 0.15) is 19.3 Å². The highest BCUT2D eigenvalue weighted by atomic mass is 32.2. The molecule has 12 heteroatoms. The molecular weight excluding hydrogens is 366 g/mol. The summed E-state index contributed by atoms with van der Waals surface area (Å²) in [6, 6.07) is -2.08. The summed E-state index contributed by atoms with van der Waals surface area (Å²) in [6.45, 7) is -0.936. The maximum atomic E-state index is 12.4. The molecule has 4 amide bonds. The van der Waals surface area contributed by atoms with E-state index in [4.69, 9.17) is 16.6 Å². The monoisotopic (exact) mass is 391 g/mol. The Labute approximate surface area is 155 Å². The Balaban J connectivity index is 5.03. The van der Waals surface area contributed by atoms with Crippen molar-refractivity contribution in [2.24, 2.45) is 11.5 Å². The first-order valence-electron chi connectivity index (χ1n) is 7.77. The fourth-order valence-corrected chi connectivity index (χ4v) is 2.34. The number of nitrogens with two attached hydrogens (primary N) is 2. The molecular formula is C14H25N5O6S. The van der Waals surface area contributed by atoms with Gasteiger partial charge in [0.1, 0.15) is 18.6 Å². The molecule has 0 heterocycles. The van der Waals surface area contributed by atoms with Gasteiger partial charge in [0.15, 0.2) is 0 Å². The zero-order valence-electron chi connectivity index (χ0n) is 14.4. The molecule has 11 nitrogen and oxygen atoms in total. The minimum atomic E-state index is -1.22. The molecule has 0 bridgehead atoms. The molecule has 0 aliphatic heterocycles. The van der Waals surface area contributed by atoms with Gasteiger partial charge in [0.05, 0.1) is 6.54 Å². The van der Waals surface area contributed by atoms with Crippen molar-refractivity contribution >= 4 is 41.4 Å². The molecule has 0 spiro atoms. The number of nitrogens with one attached hydrogen (secondary N) is 3. The van der Waals surface area contributed by atoms with Gasteiger partial charge in [-0.05, 0) is 24.9 Å². The van der Waals surface area contributed by atoms with Crippen molar-refractivity contribution in [2.75, 3.05) is 25.1 Å². The first-order chi connectivity index (χ1) is 12.2. The van der Waals surface area contributed by atoms with E-state index in [-0.39, 0.29) is 25.8 Å². The van der Waals surface area contributed by atoms with Crippen LogP contribution < -0.4 is 27.4 Å². The molecule has 26 heavy (non-hydrogen) atoms. The Bertz CT molecular complexity index is 530. The third kappa shape index (κ3) is 10.5. The predicted molar refractivity (Wildman–Crippen MR) is 95.0 cm³/mol. The van der Waals surface area contributed by atoms with Gasteiger partial charge in [-0.2, -0.15) is 11.8 Å². The van der Waals surface area contributed by atoms with E-state index in [1.807, 2.05) is 6.26 Å². The number of hydrogen-bond donors (Lipinski definition) is 6. The van der Waals surface area contributed by atoms with Crippen LogP contribution in [0.15, 0.2) is 0 Å². The number of carbonyl (C=O) groups excluding carboxylic acids is 4. The van der Waals surface area contributed by atoms with Crippen LogP contribution in [-0.2, 0) is 24.0 Å². The van der Waals surface area contributed by atoms with Gasteiger partial charge >= 0.3 is 5.97 Å². The van der Waals surface area contributed by atoms with E-state index in [0.717, 1.165) is 0 Å². The van der Waals surface area contributed by atoms with Gasteiger partial charge in [-0.1, -0.05) is 0 Å². The maximum absolute atomic E-state index is 12.4. The lowest BCUT2D eigenvalue weighted by atomic mass is 10.1. The topological polar surface area (TPSA) is 194 Å². The van der Waals surface area contributed by atoms with Crippen molar-refractivity contribution in [3.05, 3.63) is 0 Å². The molecule has 148 valence electrons. The molecule has 2 atom stereocenters.